The fourth-order valence-corrected chi connectivity index (χ4v) is 2.81. The molecule has 2 heterocycles. The summed E-state index contributed by atoms with van der Waals surface area (Å²) in [7, 11) is 0. The Morgan fingerprint density at radius 3 is 2.60 bits per heavy atom. The lowest BCUT2D eigenvalue weighted by atomic mass is 10.1. The van der Waals surface area contributed by atoms with Crippen LogP contribution in [0.4, 0.5) is 0 Å². The maximum Gasteiger partial charge on any atom is 0.254 e. The van der Waals surface area contributed by atoms with Gasteiger partial charge < -0.3 is 15.3 Å². The molecule has 1 amide bonds. The minimum absolute atomic E-state index is 0.00713. The average Bonchev–Trinajstić information content (AvgIpc) is 2.96. The minimum Gasteiger partial charge on any atom is -0.349 e. The van der Waals surface area contributed by atoms with Gasteiger partial charge in [0, 0.05) is 11.3 Å². The summed E-state index contributed by atoms with van der Waals surface area (Å²) >= 11 is 0. The van der Waals surface area contributed by atoms with Gasteiger partial charge in [0.15, 0.2) is 0 Å². The Morgan fingerprint density at radius 2 is 1.88 bits per heavy atom. The normalized spacial score (nSPS) is 11.0. The van der Waals surface area contributed by atoms with E-state index in [4.69, 9.17) is 0 Å². The van der Waals surface area contributed by atoms with Crippen molar-refractivity contribution in [3.63, 3.8) is 0 Å². The number of hydrogen-bond acceptors (Lipinski definition) is 4. The zero-order valence-electron chi connectivity index (χ0n) is 14.8. The summed E-state index contributed by atoms with van der Waals surface area (Å²) in [6.45, 7) is 7.79. The predicted octanol–water partition coefficient (Wildman–Crippen LogP) is 1.74. The van der Waals surface area contributed by atoms with Crippen LogP contribution >= 0.6 is 0 Å². The minimum atomic E-state index is -0.269. The van der Waals surface area contributed by atoms with Gasteiger partial charge in [-0.2, -0.15) is 0 Å². The van der Waals surface area contributed by atoms with Crippen LogP contribution in [-0.2, 0) is 17.8 Å². The molecule has 0 saturated heterocycles. The van der Waals surface area contributed by atoms with Crippen molar-refractivity contribution in [2.24, 2.45) is 0 Å². The standard InChI is InChI=1S/C18H21N5O2/c1-9-5-6-14-17(10(9)2)23-15(22-14)8-19-16(24)7-13-11(3)20-12(4)21-18(13)25/h5-6H,7-8H2,1-4H3,(H,19,24)(H,22,23)(H,20,21,25). The van der Waals surface area contributed by atoms with E-state index in [0.29, 0.717) is 22.9 Å². The summed E-state index contributed by atoms with van der Waals surface area (Å²) in [6.07, 6.45) is -0.00713. The van der Waals surface area contributed by atoms with E-state index >= 15 is 0 Å². The maximum atomic E-state index is 12.2. The molecule has 25 heavy (non-hydrogen) atoms. The van der Waals surface area contributed by atoms with E-state index < -0.39 is 0 Å². The van der Waals surface area contributed by atoms with Gasteiger partial charge in [0.05, 0.1) is 24.0 Å². The van der Waals surface area contributed by atoms with Crippen LogP contribution in [0.1, 0.15) is 34.0 Å². The Kier molecular flexibility index (Phi) is 4.39. The van der Waals surface area contributed by atoms with Gasteiger partial charge in [0.25, 0.3) is 5.56 Å². The first-order valence-corrected chi connectivity index (χ1v) is 8.13. The Hall–Kier alpha value is -2.96. The lowest BCUT2D eigenvalue weighted by Crippen LogP contribution is -2.29. The number of aryl methyl sites for hydroxylation is 4. The topological polar surface area (TPSA) is 104 Å². The third kappa shape index (κ3) is 3.45. The maximum absolute atomic E-state index is 12.2. The second kappa shape index (κ2) is 6.51. The Balaban J connectivity index is 1.71. The SMILES string of the molecule is Cc1nc(C)c(CC(=O)NCc2nc3c(C)c(C)ccc3[nH]2)c(=O)[nH]1. The highest BCUT2D eigenvalue weighted by Crippen LogP contribution is 2.19. The molecule has 130 valence electrons. The molecule has 0 radical (unpaired) electrons. The molecule has 3 N–H and O–H groups in total. The van der Waals surface area contributed by atoms with Crippen LogP contribution in [0.25, 0.3) is 11.0 Å². The summed E-state index contributed by atoms with van der Waals surface area (Å²) in [6, 6.07) is 4.02. The van der Waals surface area contributed by atoms with Crippen LogP contribution < -0.4 is 10.9 Å². The fraction of sp³-hybridized carbons (Fsp3) is 0.333. The van der Waals surface area contributed by atoms with E-state index in [1.807, 2.05) is 26.0 Å². The molecule has 7 nitrogen and oxygen atoms in total. The summed E-state index contributed by atoms with van der Waals surface area (Å²) in [5.74, 6) is 0.983. The van der Waals surface area contributed by atoms with Crippen molar-refractivity contribution in [2.75, 3.05) is 0 Å². The van der Waals surface area contributed by atoms with Crippen LogP contribution in [0.2, 0.25) is 0 Å². The second-order valence-electron chi connectivity index (χ2n) is 6.26. The number of benzene rings is 1. The molecule has 7 heteroatoms. The molecule has 0 aliphatic rings. The molecule has 3 aromatic rings. The predicted molar refractivity (Wildman–Crippen MR) is 95.5 cm³/mol. The third-order valence-corrected chi connectivity index (χ3v) is 4.36. The number of aromatic amines is 2. The van der Waals surface area contributed by atoms with Crippen molar-refractivity contribution >= 4 is 16.9 Å². The number of imidazole rings is 1. The van der Waals surface area contributed by atoms with Crippen molar-refractivity contribution < 1.29 is 4.79 Å². The van der Waals surface area contributed by atoms with Crippen LogP contribution in [0.15, 0.2) is 16.9 Å². The van der Waals surface area contributed by atoms with Gasteiger partial charge in [0.2, 0.25) is 5.91 Å². The number of carbonyl (C=O) groups excluding carboxylic acids is 1. The molecule has 0 aliphatic heterocycles. The van der Waals surface area contributed by atoms with Crippen molar-refractivity contribution in [2.45, 2.75) is 40.7 Å². The van der Waals surface area contributed by atoms with E-state index in [1.165, 1.54) is 5.56 Å². The summed E-state index contributed by atoms with van der Waals surface area (Å²) in [4.78, 5) is 38.7. The largest absolute Gasteiger partial charge is 0.349 e. The molecular weight excluding hydrogens is 318 g/mol. The van der Waals surface area contributed by atoms with Crippen LogP contribution in [0, 0.1) is 27.7 Å². The monoisotopic (exact) mass is 339 g/mol. The van der Waals surface area contributed by atoms with Gasteiger partial charge in [-0.25, -0.2) is 9.97 Å². The molecule has 3 rings (SSSR count). The average molecular weight is 339 g/mol. The lowest BCUT2D eigenvalue weighted by molar-refractivity contribution is -0.120. The van der Waals surface area contributed by atoms with Gasteiger partial charge in [-0.3, -0.25) is 9.59 Å². The highest BCUT2D eigenvalue weighted by Gasteiger charge is 2.13. The zero-order valence-corrected chi connectivity index (χ0v) is 14.8. The number of fused-ring (bicyclic) bond motifs is 1. The third-order valence-electron chi connectivity index (χ3n) is 4.36. The molecule has 0 bridgehead atoms. The van der Waals surface area contributed by atoms with E-state index in [9.17, 15) is 9.59 Å². The van der Waals surface area contributed by atoms with Crippen molar-refractivity contribution in [1.29, 1.82) is 0 Å². The number of nitrogens with one attached hydrogen (secondary N) is 3. The Bertz CT molecular complexity index is 1020. The van der Waals surface area contributed by atoms with Crippen molar-refractivity contribution in [3.8, 4) is 0 Å². The second-order valence-corrected chi connectivity index (χ2v) is 6.26. The number of aromatic nitrogens is 4. The first kappa shape index (κ1) is 16.9. The summed E-state index contributed by atoms with van der Waals surface area (Å²) in [5, 5.41) is 2.80. The number of H-pyrrole nitrogens is 2. The summed E-state index contributed by atoms with van der Waals surface area (Å²) < 4.78 is 0. The molecule has 0 saturated carbocycles. The number of rotatable bonds is 4. The molecule has 0 aliphatic carbocycles. The fourth-order valence-electron chi connectivity index (χ4n) is 2.81. The Labute approximate surface area is 144 Å². The molecule has 1 aromatic carbocycles. The number of amides is 1. The van der Waals surface area contributed by atoms with E-state index in [1.54, 1.807) is 13.8 Å². The van der Waals surface area contributed by atoms with E-state index in [0.717, 1.165) is 16.6 Å². The smallest absolute Gasteiger partial charge is 0.254 e. The van der Waals surface area contributed by atoms with Crippen LogP contribution in [0.5, 0.6) is 0 Å². The Morgan fingerprint density at radius 1 is 1.12 bits per heavy atom. The zero-order chi connectivity index (χ0) is 18.1. The molecule has 0 fully saturated rings. The molecule has 0 atom stereocenters. The highest BCUT2D eigenvalue weighted by atomic mass is 16.2. The quantitative estimate of drug-likeness (QED) is 0.673. The van der Waals surface area contributed by atoms with E-state index in [2.05, 4.69) is 25.3 Å². The van der Waals surface area contributed by atoms with Crippen molar-refractivity contribution in [3.05, 3.63) is 56.5 Å². The highest BCUT2D eigenvalue weighted by molar-refractivity contribution is 5.80. The van der Waals surface area contributed by atoms with Gasteiger partial charge >= 0.3 is 0 Å². The lowest BCUT2D eigenvalue weighted by Gasteiger charge is -2.06. The first-order chi connectivity index (χ1) is 11.8. The number of hydrogen-bond donors (Lipinski definition) is 3. The van der Waals surface area contributed by atoms with Gasteiger partial charge in [-0.1, -0.05) is 6.07 Å². The van der Waals surface area contributed by atoms with Crippen molar-refractivity contribution in [1.82, 2.24) is 25.3 Å². The summed E-state index contributed by atoms with van der Waals surface area (Å²) in [5.41, 5.74) is 4.86. The van der Waals surface area contributed by atoms with Crippen LogP contribution in [0.3, 0.4) is 0 Å². The van der Waals surface area contributed by atoms with Gasteiger partial charge in [-0.05, 0) is 44.9 Å². The molecule has 2 aromatic heterocycles. The van der Waals surface area contributed by atoms with Crippen LogP contribution in [-0.4, -0.2) is 25.8 Å². The molecule has 0 spiro atoms. The first-order valence-electron chi connectivity index (χ1n) is 8.13. The molecule has 0 unspecified atom stereocenters. The molecular formula is C18H21N5O2. The van der Waals surface area contributed by atoms with Gasteiger partial charge in [-0.15, -0.1) is 0 Å². The van der Waals surface area contributed by atoms with E-state index in [-0.39, 0.29) is 24.4 Å². The number of carbonyl (C=O) groups is 1. The van der Waals surface area contributed by atoms with Gasteiger partial charge in [0.1, 0.15) is 11.6 Å². The number of nitrogens with zero attached hydrogens (tertiary/aromatic N) is 2.